The van der Waals surface area contributed by atoms with Crippen molar-refractivity contribution in [3.63, 3.8) is 0 Å². The van der Waals surface area contributed by atoms with E-state index in [9.17, 15) is 14.3 Å². The lowest BCUT2D eigenvalue weighted by Crippen LogP contribution is -2.38. The van der Waals surface area contributed by atoms with Gasteiger partial charge in [-0.2, -0.15) is 0 Å². The summed E-state index contributed by atoms with van der Waals surface area (Å²) in [5.41, 5.74) is 2.22. The van der Waals surface area contributed by atoms with Crippen molar-refractivity contribution in [3.8, 4) is 11.1 Å². The number of aliphatic hydroxyl groups is 1. The van der Waals surface area contributed by atoms with Crippen LogP contribution in [-0.4, -0.2) is 17.6 Å². The number of rotatable bonds is 7. The molecule has 4 heteroatoms. The molecule has 3 aromatic rings. The maximum absolute atomic E-state index is 13.6. The Kier molecular flexibility index (Phi) is 6.22. The van der Waals surface area contributed by atoms with Crippen molar-refractivity contribution in [1.82, 2.24) is 5.32 Å². The molecule has 0 bridgehead atoms. The summed E-state index contributed by atoms with van der Waals surface area (Å²) in [4.78, 5) is 12.1. The third kappa shape index (κ3) is 5.05. The van der Waals surface area contributed by atoms with Gasteiger partial charge in [0.25, 0.3) is 0 Å². The number of hydrogen-bond acceptors (Lipinski definition) is 2. The van der Waals surface area contributed by atoms with Gasteiger partial charge in [0.2, 0.25) is 5.91 Å². The van der Waals surface area contributed by atoms with Crippen LogP contribution in [0.2, 0.25) is 0 Å². The minimum atomic E-state index is -1.19. The second-order valence-electron chi connectivity index (χ2n) is 7.09. The van der Waals surface area contributed by atoms with Crippen molar-refractivity contribution in [2.75, 3.05) is 6.54 Å². The van der Waals surface area contributed by atoms with Crippen molar-refractivity contribution in [1.29, 1.82) is 0 Å². The SMILES string of the molecule is C[C@@](O)(CNC(=O)CCc1ccccc1F)c1ccc(-c2ccccc2)cc1. The van der Waals surface area contributed by atoms with E-state index in [0.29, 0.717) is 12.0 Å². The number of amides is 1. The second-order valence-corrected chi connectivity index (χ2v) is 7.09. The second kappa shape index (κ2) is 8.81. The summed E-state index contributed by atoms with van der Waals surface area (Å²) in [5.74, 6) is -0.523. The molecule has 0 aromatic heterocycles. The van der Waals surface area contributed by atoms with Crippen LogP contribution in [0.15, 0.2) is 78.9 Å². The molecule has 1 amide bonds. The van der Waals surface area contributed by atoms with E-state index in [0.717, 1.165) is 16.7 Å². The Morgan fingerprint density at radius 3 is 2.21 bits per heavy atom. The average molecular weight is 377 g/mol. The number of nitrogens with one attached hydrogen (secondary N) is 1. The van der Waals surface area contributed by atoms with E-state index in [1.165, 1.54) is 6.07 Å². The maximum Gasteiger partial charge on any atom is 0.220 e. The highest BCUT2D eigenvalue weighted by atomic mass is 19.1. The quantitative estimate of drug-likeness (QED) is 0.639. The van der Waals surface area contributed by atoms with Crippen molar-refractivity contribution in [3.05, 3.63) is 95.8 Å². The fourth-order valence-corrected chi connectivity index (χ4v) is 3.06. The summed E-state index contributed by atoms with van der Waals surface area (Å²) in [6, 6.07) is 24.1. The molecule has 28 heavy (non-hydrogen) atoms. The van der Waals surface area contributed by atoms with Crippen LogP contribution in [-0.2, 0) is 16.8 Å². The van der Waals surface area contributed by atoms with E-state index in [1.807, 2.05) is 54.6 Å². The number of benzene rings is 3. The van der Waals surface area contributed by atoms with Gasteiger partial charge in [-0.1, -0.05) is 72.8 Å². The van der Waals surface area contributed by atoms with Crippen LogP contribution in [0.5, 0.6) is 0 Å². The maximum atomic E-state index is 13.6. The highest BCUT2D eigenvalue weighted by Crippen LogP contribution is 2.24. The van der Waals surface area contributed by atoms with Gasteiger partial charge in [0.05, 0.1) is 6.54 Å². The van der Waals surface area contributed by atoms with Crippen molar-refractivity contribution < 1.29 is 14.3 Å². The van der Waals surface area contributed by atoms with Crippen LogP contribution in [0.1, 0.15) is 24.5 Å². The van der Waals surface area contributed by atoms with Gasteiger partial charge in [0.1, 0.15) is 11.4 Å². The van der Waals surface area contributed by atoms with Gasteiger partial charge in [0.15, 0.2) is 0 Å². The number of carbonyl (C=O) groups is 1. The van der Waals surface area contributed by atoms with Gasteiger partial charge in [0, 0.05) is 6.42 Å². The fourth-order valence-electron chi connectivity index (χ4n) is 3.06. The molecule has 0 aliphatic carbocycles. The Morgan fingerprint density at radius 2 is 1.54 bits per heavy atom. The third-order valence-electron chi connectivity index (χ3n) is 4.82. The molecule has 0 fully saturated rings. The smallest absolute Gasteiger partial charge is 0.220 e. The summed E-state index contributed by atoms with van der Waals surface area (Å²) in [7, 11) is 0. The molecule has 0 saturated carbocycles. The van der Waals surface area contributed by atoms with E-state index in [1.54, 1.807) is 25.1 Å². The molecule has 144 valence electrons. The molecule has 0 heterocycles. The highest BCUT2D eigenvalue weighted by Gasteiger charge is 2.23. The van der Waals surface area contributed by atoms with E-state index < -0.39 is 5.60 Å². The van der Waals surface area contributed by atoms with Gasteiger partial charge in [-0.3, -0.25) is 4.79 Å². The molecule has 0 aliphatic rings. The minimum absolute atomic E-state index is 0.0911. The molecule has 0 aliphatic heterocycles. The third-order valence-corrected chi connectivity index (χ3v) is 4.82. The van der Waals surface area contributed by atoms with Gasteiger partial charge in [-0.25, -0.2) is 4.39 Å². The fraction of sp³-hybridized carbons (Fsp3) is 0.208. The first-order valence-corrected chi connectivity index (χ1v) is 9.34. The number of aryl methyl sites for hydroxylation is 1. The lowest BCUT2D eigenvalue weighted by molar-refractivity contribution is -0.122. The van der Waals surface area contributed by atoms with Crippen LogP contribution < -0.4 is 5.32 Å². The average Bonchev–Trinajstić information content (AvgIpc) is 2.72. The monoisotopic (exact) mass is 377 g/mol. The van der Waals surface area contributed by atoms with Gasteiger partial charge >= 0.3 is 0 Å². The van der Waals surface area contributed by atoms with E-state index in [-0.39, 0.29) is 24.7 Å². The lowest BCUT2D eigenvalue weighted by atomic mass is 9.93. The van der Waals surface area contributed by atoms with Crippen molar-refractivity contribution in [2.24, 2.45) is 0 Å². The molecule has 0 saturated heterocycles. The van der Waals surface area contributed by atoms with Crippen molar-refractivity contribution in [2.45, 2.75) is 25.4 Å². The Bertz CT molecular complexity index is 921. The molecule has 2 N–H and O–H groups in total. The minimum Gasteiger partial charge on any atom is -0.384 e. The van der Waals surface area contributed by atoms with E-state index in [2.05, 4.69) is 5.32 Å². The summed E-state index contributed by atoms with van der Waals surface area (Å²) >= 11 is 0. The normalized spacial score (nSPS) is 13.0. The Labute approximate surface area is 164 Å². The van der Waals surface area contributed by atoms with Gasteiger partial charge < -0.3 is 10.4 Å². The molecule has 3 nitrogen and oxygen atoms in total. The molecule has 0 radical (unpaired) electrons. The lowest BCUT2D eigenvalue weighted by Gasteiger charge is -2.24. The molecule has 1 atom stereocenters. The number of hydrogen-bond donors (Lipinski definition) is 2. The van der Waals surface area contributed by atoms with Crippen LogP contribution in [0.25, 0.3) is 11.1 Å². The largest absolute Gasteiger partial charge is 0.384 e. The van der Waals surface area contributed by atoms with Crippen LogP contribution in [0.3, 0.4) is 0 Å². The molecule has 3 rings (SSSR count). The summed E-state index contributed by atoms with van der Waals surface area (Å²) < 4.78 is 13.6. The zero-order valence-corrected chi connectivity index (χ0v) is 15.9. The molecule has 0 unspecified atom stereocenters. The van der Waals surface area contributed by atoms with Crippen LogP contribution >= 0.6 is 0 Å². The van der Waals surface area contributed by atoms with E-state index in [4.69, 9.17) is 0 Å². The summed E-state index contributed by atoms with van der Waals surface area (Å²) in [6.07, 6.45) is 0.496. The highest BCUT2D eigenvalue weighted by molar-refractivity contribution is 5.76. The number of halogens is 1. The first-order valence-electron chi connectivity index (χ1n) is 9.34. The van der Waals surface area contributed by atoms with Crippen LogP contribution in [0.4, 0.5) is 4.39 Å². The Morgan fingerprint density at radius 1 is 0.929 bits per heavy atom. The Hall–Kier alpha value is -2.98. The topological polar surface area (TPSA) is 49.3 Å². The molecule has 0 spiro atoms. The standard InChI is InChI=1S/C24H24FNO2/c1-24(28,17-26-23(27)16-13-20-9-5-6-10-22(20)25)21-14-11-19(12-15-21)18-7-3-2-4-8-18/h2-12,14-15,28H,13,16-17H2,1H3,(H,26,27)/t24-/m1/s1. The van der Waals surface area contributed by atoms with Crippen molar-refractivity contribution >= 4 is 5.91 Å². The van der Waals surface area contributed by atoms with Crippen LogP contribution in [0, 0.1) is 5.82 Å². The molecular weight excluding hydrogens is 353 g/mol. The Balaban J connectivity index is 1.56. The van der Waals surface area contributed by atoms with E-state index >= 15 is 0 Å². The predicted molar refractivity (Wildman–Crippen MR) is 109 cm³/mol. The first-order chi connectivity index (χ1) is 13.5. The summed E-state index contributed by atoms with van der Waals surface area (Å²) in [6.45, 7) is 1.76. The predicted octanol–water partition coefficient (Wildman–Crippen LogP) is 4.45. The molecule has 3 aromatic carbocycles. The zero-order chi connectivity index (χ0) is 20.0. The molecular formula is C24H24FNO2. The zero-order valence-electron chi connectivity index (χ0n) is 15.9. The first kappa shape index (κ1) is 19.8. The summed E-state index contributed by atoms with van der Waals surface area (Å²) in [5, 5.41) is 13.5. The number of carbonyl (C=O) groups excluding carboxylic acids is 1. The van der Waals surface area contributed by atoms with Gasteiger partial charge in [-0.05, 0) is 41.7 Å². The van der Waals surface area contributed by atoms with Gasteiger partial charge in [-0.15, -0.1) is 0 Å².